The topological polar surface area (TPSA) is 52.2 Å². The normalized spacial score (nSPS) is 24.0. The molecule has 60 valence electrons. The van der Waals surface area contributed by atoms with Crippen LogP contribution in [0.15, 0.2) is 23.7 Å². The monoisotopic (exact) mass is 150 g/mol. The average molecular weight is 150 g/mol. The Kier molecular flexibility index (Phi) is 1.49. The quantitative estimate of drug-likeness (QED) is 0.593. The van der Waals surface area contributed by atoms with Gasteiger partial charge in [-0.15, -0.1) is 0 Å². The SMILES string of the molecule is NC1=CC(C2CCC2)=C[N-]N1. The second kappa shape index (κ2) is 2.49. The molecule has 0 unspecified atom stereocenters. The molecule has 3 nitrogen and oxygen atoms in total. The van der Waals surface area contributed by atoms with E-state index in [1.165, 1.54) is 24.8 Å². The smallest absolute Gasteiger partial charge is 0.0827 e. The van der Waals surface area contributed by atoms with Crippen molar-refractivity contribution < 1.29 is 0 Å². The summed E-state index contributed by atoms with van der Waals surface area (Å²) < 4.78 is 0. The van der Waals surface area contributed by atoms with Crippen LogP contribution in [-0.4, -0.2) is 0 Å². The zero-order chi connectivity index (χ0) is 7.68. The molecule has 0 saturated heterocycles. The lowest BCUT2D eigenvalue weighted by Crippen LogP contribution is -2.21. The Morgan fingerprint density at radius 2 is 2.36 bits per heavy atom. The van der Waals surface area contributed by atoms with E-state index in [1.807, 2.05) is 12.3 Å². The zero-order valence-corrected chi connectivity index (χ0v) is 6.38. The minimum atomic E-state index is 0.661. The molecule has 0 amide bonds. The second-order valence-electron chi connectivity index (χ2n) is 3.10. The third kappa shape index (κ3) is 1.18. The van der Waals surface area contributed by atoms with E-state index < -0.39 is 0 Å². The van der Waals surface area contributed by atoms with Gasteiger partial charge in [0.2, 0.25) is 0 Å². The van der Waals surface area contributed by atoms with Crippen molar-refractivity contribution in [2.75, 3.05) is 0 Å². The van der Waals surface area contributed by atoms with Crippen LogP contribution in [0.2, 0.25) is 0 Å². The fraction of sp³-hybridized carbons (Fsp3) is 0.500. The highest BCUT2D eigenvalue weighted by Gasteiger charge is 2.19. The molecule has 0 bridgehead atoms. The number of hydrogen-bond donors (Lipinski definition) is 2. The van der Waals surface area contributed by atoms with Gasteiger partial charge in [0.1, 0.15) is 0 Å². The van der Waals surface area contributed by atoms with Gasteiger partial charge >= 0.3 is 0 Å². The van der Waals surface area contributed by atoms with Gasteiger partial charge in [-0.05, 0) is 24.8 Å². The summed E-state index contributed by atoms with van der Waals surface area (Å²) in [5.74, 6) is 1.38. The molecular weight excluding hydrogens is 138 g/mol. The lowest BCUT2D eigenvalue weighted by Gasteiger charge is -2.34. The van der Waals surface area contributed by atoms with E-state index in [1.54, 1.807) is 0 Å². The van der Waals surface area contributed by atoms with Crippen LogP contribution in [-0.2, 0) is 0 Å². The lowest BCUT2D eigenvalue weighted by atomic mass is 9.79. The molecule has 2 aliphatic rings. The molecule has 1 heterocycles. The summed E-state index contributed by atoms with van der Waals surface area (Å²) in [6.45, 7) is 0. The molecule has 0 aromatic rings. The highest BCUT2D eigenvalue weighted by atomic mass is 15.4. The number of nitrogens with two attached hydrogens (primary N) is 1. The van der Waals surface area contributed by atoms with Gasteiger partial charge in [-0.1, -0.05) is 12.0 Å². The summed E-state index contributed by atoms with van der Waals surface area (Å²) >= 11 is 0. The Hall–Kier alpha value is -1.12. The van der Waals surface area contributed by atoms with Crippen molar-refractivity contribution in [3.05, 3.63) is 29.1 Å². The van der Waals surface area contributed by atoms with Crippen LogP contribution in [0, 0.1) is 5.92 Å². The zero-order valence-electron chi connectivity index (χ0n) is 6.38. The number of allylic oxidation sites excluding steroid dienone is 2. The molecule has 0 atom stereocenters. The Balaban J connectivity index is 2.07. The molecule has 0 aromatic carbocycles. The van der Waals surface area contributed by atoms with Crippen LogP contribution in [0.4, 0.5) is 0 Å². The third-order valence-electron chi connectivity index (χ3n) is 2.31. The third-order valence-corrected chi connectivity index (χ3v) is 2.31. The molecule has 3 heteroatoms. The van der Waals surface area contributed by atoms with Gasteiger partial charge < -0.3 is 16.6 Å². The summed E-state index contributed by atoms with van der Waals surface area (Å²) in [5.41, 5.74) is 13.5. The molecule has 2 rings (SSSR count). The summed E-state index contributed by atoms with van der Waals surface area (Å²) in [6, 6.07) is 0. The molecule has 1 fully saturated rings. The van der Waals surface area contributed by atoms with E-state index in [2.05, 4.69) is 10.9 Å². The number of rotatable bonds is 1. The maximum absolute atomic E-state index is 5.56. The average Bonchev–Trinajstić information content (AvgIpc) is 1.83. The molecule has 0 radical (unpaired) electrons. The first-order chi connectivity index (χ1) is 5.36. The molecule has 1 saturated carbocycles. The van der Waals surface area contributed by atoms with Crippen LogP contribution >= 0.6 is 0 Å². The van der Waals surface area contributed by atoms with E-state index >= 15 is 0 Å². The van der Waals surface area contributed by atoms with Gasteiger partial charge in [0.25, 0.3) is 0 Å². The standard InChI is InChI=1S/C8H12N3/c9-8-4-7(5-10-11-8)6-2-1-3-6/h4-6,11H,1-3,9H2/q-1. The van der Waals surface area contributed by atoms with Gasteiger partial charge in [-0.3, -0.25) is 0 Å². The van der Waals surface area contributed by atoms with E-state index in [-0.39, 0.29) is 0 Å². The number of hydrogen-bond acceptors (Lipinski definition) is 2. The fourth-order valence-electron chi connectivity index (χ4n) is 1.40. The maximum atomic E-state index is 5.56. The van der Waals surface area contributed by atoms with Gasteiger partial charge in [0.15, 0.2) is 0 Å². The molecule has 0 aromatic heterocycles. The number of nitrogens with one attached hydrogen (secondary N) is 1. The predicted octanol–water partition coefficient (Wildman–Crippen LogP) is 1.36. The van der Waals surface area contributed by atoms with Crippen molar-refractivity contribution >= 4 is 0 Å². The van der Waals surface area contributed by atoms with E-state index in [4.69, 9.17) is 5.73 Å². The Morgan fingerprint density at radius 3 is 2.91 bits per heavy atom. The minimum Gasteiger partial charge on any atom is -0.602 e. The Bertz CT molecular complexity index is 213. The van der Waals surface area contributed by atoms with Gasteiger partial charge in [-0.2, -0.15) is 6.20 Å². The van der Waals surface area contributed by atoms with Crippen LogP contribution < -0.4 is 11.2 Å². The van der Waals surface area contributed by atoms with Crippen molar-refractivity contribution in [1.29, 1.82) is 0 Å². The van der Waals surface area contributed by atoms with Crippen molar-refractivity contribution in [2.45, 2.75) is 19.3 Å². The van der Waals surface area contributed by atoms with Crippen molar-refractivity contribution in [1.82, 2.24) is 5.43 Å². The van der Waals surface area contributed by atoms with Gasteiger partial charge in [-0.25, -0.2) is 0 Å². The van der Waals surface area contributed by atoms with Gasteiger partial charge in [0, 0.05) is 0 Å². The first-order valence-corrected chi connectivity index (χ1v) is 3.99. The highest BCUT2D eigenvalue weighted by Crippen LogP contribution is 2.34. The summed E-state index contributed by atoms with van der Waals surface area (Å²) in [6.07, 6.45) is 7.80. The van der Waals surface area contributed by atoms with Crippen LogP contribution in [0.5, 0.6) is 0 Å². The Morgan fingerprint density at radius 1 is 1.55 bits per heavy atom. The summed E-state index contributed by atoms with van der Waals surface area (Å²) in [7, 11) is 0. The van der Waals surface area contributed by atoms with Crippen LogP contribution in [0.1, 0.15) is 19.3 Å². The lowest BCUT2D eigenvalue weighted by molar-refractivity contribution is 0.373. The molecule has 3 N–H and O–H groups in total. The van der Waals surface area contributed by atoms with Crippen molar-refractivity contribution in [3.8, 4) is 0 Å². The van der Waals surface area contributed by atoms with Gasteiger partial charge in [0.05, 0.1) is 5.82 Å². The highest BCUT2D eigenvalue weighted by molar-refractivity contribution is 5.33. The summed E-state index contributed by atoms with van der Waals surface area (Å²) in [5, 5.41) is 0. The molecule has 1 aliphatic heterocycles. The molecular formula is C8H12N3-. The fourth-order valence-corrected chi connectivity index (χ4v) is 1.40. The van der Waals surface area contributed by atoms with Crippen LogP contribution in [0.25, 0.3) is 5.43 Å². The van der Waals surface area contributed by atoms with E-state index in [0.717, 1.165) is 5.92 Å². The molecule has 11 heavy (non-hydrogen) atoms. The largest absolute Gasteiger partial charge is 0.602 e. The van der Waals surface area contributed by atoms with E-state index in [9.17, 15) is 0 Å². The molecule has 0 spiro atoms. The van der Waals surface area contributed by atoms with E-state index in [0.29, 0.717) is 5.82 Å². The first kappa shape index (κ1) is 6.58. The predicted molar refractivity (Wildman–Crippen MR) is 44.2 cm³/mol. The van der Waals surface area contributed by atoms with Crippen LogP contribution in [0.3, 0.4) is 0 Å². The van der Waals surface area contributed by atoms with Crippen molar-refractivity contribution in [2.24, 2.45) is 11.7 Å². The Labute approximate surface area is 66.3 Å². The second-order valence-corrected chi connectivity index (χ2v) is 3.10. The number of nitrogens with zero attached hydrogens (tertiary/aromatic N) is 1. The maximum Gasteiger partial charge on any atom is 0.0827 e. The minimum absolute atomic E-state index is 0.661. The summed E-state index contributed by atoms with van der Waals surface area (Å²) in [4.78, 5) is 0. The van der Waals surface area contributed by atoms with Crippen molar-refractivity contribution in [3.63, 3.8) is 0 Å². The molecule has 1 aliphatic carbocycles. The first-order valence-electron chi connectivity index (χ1n) is 3.99.